The van der Waals surface area contributed by atoms with Gasteiger partial charge in [-0.2, -0.15) is 0 Å². The SMILES string of the molecule is COC(CNC(=O)/C=C/c1cccc(C)c1)CC(=O)O. The van der Waals surface area contributed by atoms with E-state index in [0.29, 0.717) is 0 Å². The number of hydrogen-bond donors (Lipinski definition) is 2. The van der Waals surface area contributed by atoms with Crippen LogP contribution in [0.3, 0.4) is 0 Å². The lowest BCUT2D eigenvalue weighted by molar-refractivity contribution is -0.140. The van der Waals surface area contributed by atoms with E-state index in [1.165, 1.54) is 13.2 Å². The van der Waals surface area contributed by atoms with Crippen molar-refractivity contribution in [2.45, 2.75) is 19.4 Å². The molecule has 1 rings (SSSR count). The molecule has 5 heteroatoms. The third-order valence-electron chi connectivity index (χ3n) is 2.71. The molecule has 1 amide bonds. The van der Waals surface area contributed by atoms with Crippen LogP contribution in [0.1, 0.15) is 17.5 Å². The molecule has 2 N–H and O–H groups in total. The third-order valence-corrected chi connectivity index (χ3v) is 2.71. The highest BCUT2D eigenvalue weighted by Gasteiger charge is 2.12. The zero-order valence-corrected chi connectivity index (χ0v) is 11.6. The van der Waals surface area contributed by atoms with Gasteiger partial charge < -0.3 is 15.2 Å². The summed E-state index contributed by atoms with van der Waals surface area (Å²) in [5.74, 6) is -1.24. The number of rotatable bonds is 7. The van der Waals surface area contributed by atoms with Gasteiger partial charge in [-0.05, 0) is 18.6 Å². The van der Waals surface area contributed by atoms with Gasteiger partial charge in [-0.3, -0.25) is 9.59 Å². The van der Waals surface area contributed by atoms with E-state index >= 15 is 0 Å². The zero-order chi connectivity index (χ0) is 15.0. The van der Waals surface area contributed by atoms with Crippen LogP contribution < -0.4 is 5.32 Å². The summed E-state index contributed by atoms with van der Waals surface area (Å²) in [6.07, 6.45) is 2.46. The van der Waals surface area contributed by atoms with Crippen molar-refractivity contribution in [1.29, 1.82) is 0 Å². The van der Waals surface area contributed by atoms with Gasteiger partial charge in [-0.15, -0.1) is 0 Å². The number of nitrogens with one attached hydrogen (secondary N) is 1. The first kappa shape index (κ1) is 15.9. The van der Waals surface area contributed by atoms with Crippen LogP contribution >= 0.6 is 0 Å². The highest BCUT2D eigenvalue weighted by molar-refractivity contribution is 5.91. The summed E-state index contributed by atoms with van der Waals surface area (Å²) < 4.78 is 4.97. The maximum Gasteiger partial charge on any atom is 0.306 e. The maximum absolute atomic E-state index is 11.6. The average Bonchev–Trinajstić information content (AvgIpc) is 2.40. The second-order valence-corrected chi connectivity index (χ2v) is 4.45. The Morgan fingerprint density at radius 1 is 1.45 bits per heavy atom. The fourth-order valence-corrected chi connectivity index (χ4v) is 1.65. The Balaban J connectivity index is 2.45. The molecule has 108 valence electrons. The van der Waals surface area contributed by atoms with Crippen LogP contribution in [0.25, 0.3) is 6.08 Å². The summed E-state index contributed by atoms with van der Waals surface area (Å²) in [5, 5.41) is 11.3. The Kier molecular flexibility index (Phi) is 6.46. The van der Waals surface area contributed by atoms with Crippen molar-refractivity contribution in [3.05, 3.63) is 41.5 Å². The summed E-state index contributed by atoms with van der Waals surface area (Å²) in [5.41, 5.74) is 2.06. The molecule has 0 spiro atoms. The number of aryl methyl sites for hydroxylation is 1. The minimum atomic E-state index is -0.957. The molecule has 0 heterocycles. The standard InChI is InChI=1S/C15H19NO4/c1-11-4-3-5-12(8-11)6-7-14(17)16-10-13(20-2)9-15(18)19/h3-8,13H,9-10H2,1-2H3,(H,16,17)(H,18,19)/b7-6+. The third kappa shape index (κ3) is 6.15. The Morgan fingerprint density at radius 2 is 2.20 bits per heavy atom. The van der Waals surface area contributed by atoms with Crippen LogP contribution in [-0.4, -0.2) is 36.7 Å². The van der Waals surface area contributed by atoms with Gasteiger partial charge in [0.2, 0.25) is 5.91 Å². The molecular weight excluding hydrogens is 258 g/mol. The number of ether oxygens (including phenoxy) is 1. The summed E-state index contributed by atoms with van der Waals surface area (Å²) in [6, 6.07) is 7.76. The molecule has 0 bridgehead atoms. The number of hydrogen-bond acceptors (Lipinski definition) is 3. The minimum Gasteiger partial charge on any atom is -0.481 e. The summed E-state index contributed by atoms with van der Waals surface area (Å²) in [4.78, 5) is 22.2. The Bertz CT molecular complexity index is 496. The number of benzene rings is 1. The number of carbonyl (C=O) groups excluding carboxylic acids is 1. The lowest BCUT2D eigenvalue weighted by atomic mass is 10.1. The van der Waals surface area contributed by atoms with Crippen LogP contribution in [-0.2, 0) is 14.3 Å². The molecule has 1 unspecified atom stereocenters. The molecular formula is C15H19NO4. The molecule has 1 atom stereocenters. The van der Waals surface area contributed by atoms with Crippen LogP contribution in [0, 0.1) is 6.92 Å². The number of methoxy groups -OCH3 is 1. The number of carboxylic acid groups (broad SMARTS) is 1. The molecule has 0 aliphatic rings. The first-order chi connectivity index (χ1) is 9.51. The van der Waals surface area contributed by atoms with Gasteiger partial charge in [0.15, 0.2) is 0 Å². The largest absolute Gasteiger partial charge is 0.481 e. The van der Waals surface area contributed by atoms with Gasteiger partial charge in [0.1, 0.15) is 0 Å². The predicted molar refractivity (Wildman–Crippen MR) is 76.3 cm³/mol. The monoisotopic (exact) mass is 277 g/mol. The molecule has 0 aromatic heterocycles. The van der Waals surface area contributed by atoms with Gasteiger partial charge in [-0.1, -0.05) is 29.8 Å². The van der Waals surface area contributed by atoms with Crippen molar-refractivity contribution < 1.29 is 19.4 Å². The minimum absolute atomic E-state index is 0.141. The van der Waals surface area contributed by atoms with Crippen molar-refractivity contribution in [1.82, 2.24) is 5.32 Å². The lowest BCUT2D eigenvalue weighted by Gasteiger charge is -2.12. The lowest BCUT2D eigenvalue weighted by Crippen LogP contribution is -2.33. The normalized spacial score (nSPS) is 12.3. The topological polar surface area (TPSA) is 75.6 Å². The molecule has 1 aromatic carbocycles. The molecule has 5 nitrogen and oxygen atoms in total. The quantitative estimate of drug-likeness (QED) is 0.742. The van der Waals surface area contributed by atoms with Crippen molar-refractivity contribution in [2.75, 3.05) is 13.7 Å². The second kappa shape index (κ2) is 8.12. The summed E-state index contributed by atoms with van der Waals surface area (Å²) >= 11 is 0. The first-order valence-corrected chi connectivity index (χ1v) is 6.28. The molecule has 0 fully saturated rings. The molecule has 0 aliphatic carbocycles. The van der Waals surface area contributed by atoms with E-state index in [4.69, 9.17) is 9.84 Å². The molecule has 0 saturated carbocycles. The van der Waals surface area contributed by atoms with Gasteiger partial charge >= 0.3 is 5.97 Å². The van der Waals surface area contributed by atoms with Crippen LogP contribution in [0.2, 0.25) is 0 Å². The highest BCUT2D eigenvalue weighted by Crippen LogP contribution is 2.05. The fourth-order valence-electron chi connectivity index (χ4n) is 1.65. The van der Waals surface area contributed by atoms with Crippen molar-refractivity contribution in [3.63, 3.8) is 0 Å². The zero-order valence-electron chi connectivity index (χ0n) is 11.6. The van der Waals surface area contributed by atoms with E-state index in [0.717, 1.165) is 11.1 Å². The summed E-state index contributed by atoms with van der Waals surface area (Å²) in [7, 11) is 1.42. The van der Waals surface area contributed by atoms with E-state index in [1.54, 1.807) is 6.08 Å². The van der Waals surface area contributed by atoms with Crippen LogP contribution in [0.15, 0.2) is 30.3 Å². The average molecular weight is 277 g/mol. The van der Waals surface area contributed by atoms with E-state index in [9.17, 15) is 9.59 Å². The molecule has 0 radical (unpaired) electrons. The maximum atomic E-state index is 11.6. The van der Waals surface area contributed by atoms with E-state index in [2.05, 4.69) is 5.32 Å². The van der Waals surface area contributed by atoms with Gasteiger partial charge in [0.05, 0.1) is 12.5 Å². The van der Waals surface area contributed by atoms with Gasteiger partial charge in [0.25, 0.3) is 0 Å². The first-order valence-electron chi connectivity index (χ1n) is 6.28. The predicted octanol–water partition coefficient (Wildman–Crippen LogP) is 1.61. The fraction of sp³-hybridized carbons (Fsp3) is 0.333. The molecule has 1 aromatic rings. The second-order valence-electron chi connectivity index (χ2n) is 4.45. The summed E-state index contributed by atoms with van der Waals surface area (Å²) in [6.45, 7) is 2.15. The van der Waals surface area contributed by atoms with Crippen molar-refractivity contribution in [2.24, 2.45) is 0 Å². The molecule has 0 saturated heterocycles. The van der Waals surface area contributed by atoms with E-state index in [-0.39, 0.29) is 18.9 Å². The smallest absolute Gasteiger partial charge is 0.306 e. The van der Waals surface area contributed by atoms with Crippen LogP contribution in [0.4, 0.5) is 0 Å². The van der Waals surface area contributed by atoms with E-state index < -0.39 is 12.1 Å². The van der Waals surface area contributed by atoms with Crippen LogP contribution in [0.5, 0.6) is 0 Å². The molecule has 0 aliphatic heterocycles. The van der Waals surface area contributed by atoms with Crippen molar-refractivity contribution in [3.8, 4) is 0 Å². The Hall–Kier alpha value is -2.14. The Morgan fingerprint density at radius 3 is 2.80 bits per heavy atom. The van der Waals surface area contributed by atoms with Crippen molar-refractivity contribution >= 4 is 18.0 Å². The molecule has 20 heavy (non-hydrogen) atoms. The number of aliphatic carboxylic acids is 1. The van der Waals surface area contributed by atoms with Gasteiger partial charge in [-0.25, -0.2) is 0 Å². The number of carbonyl (C=O) groups is 2. The highest BCUT2D eigenvalue weighted by atomic mass is 16.5. The van der Waals surface area contributed by atoms with Gasteiger partial charge in [0, 0.05) is 19.7 Å². The Labute approximate surface area is 118 Å². The van der Waals surface area contributed by atoms with E-state index in [1.807, 2.05) is 31.2 Å². The number of carboxylic acids is 1. The number of amides is 1.